The largest absolute Gasteiger partial charge is 0.490 e. The van der Waals surface area contributed by atoms with Gasteiger partial charge in [-0.25, -0.2) is 0 Å². The van der Waals surface area contributed by atoms with E-state index in [-0.39, 0.29) is 23.8 Å². The Morgan fingerprint density at radius 3 is 2.39 bits per heavy atom. The molecule has 2 aliphatic carbocycles. The summed E-state index contributed by atoms with van der Waals surface area (Å²) in [6.45, 7) is 2.35. The third-order valence-electron chi connectivity index (χ3n) is 7.39. The number of rotatable bonds is 6. The van der Waals surface area contributed by atoms with Crippen LogP contribution in [-0.4, -0.2) is 22.7 Å². The molecule has 0 aliphatic heterocycles. The van der Waals surface area contributed by atoms with Crippen molar-refractivity contribution in [2.45, 2.75) is 89.1 Å². The molecule has 0 saturated heterocycles. The molecule has 2 aromatic rings. The molecule has 0 radical (unpaired) electrons. The number of aliphatic carboxylic acids is 1. The fraction of sp³-hybridized carbons (Fsp3) is 0.577. The van der Waals surface area contributed by atoms with Crippen LogP contribution in [0.5, 0.6) is 5.75 Å². The summed E-state index contributed by atoms with van der Waals surface area (Å²) in [4.78, 5) is 12.0. The van der Waals surface area contributed by atoms with Gasteiger partial charge in [-0.1, -0.05) is 50.5 Å². The number of fused-ring (bicyclic) bond motifs is 1. The molecule has 0 spiro atoms. The van der Waals surface area contributed by atoms with Crippen molar-refractivity contribution in [2.75, 3.05) is 0 Å². The topological polar surface area (TPSA) is 58.6 Å². The fourth-order valence-electron chi connectivity index (χ4n) is 5.36. The average molecular weight is 464 g/mol. The van der Waals surface area contributed by atoms with Crippen molar-refractivity contribution in [1.29, 1.82) is 0 Å². The predicted molar refractivity (Wildman–Crippen MR) is 121 cm³/mol. The van der Waals surface area contributed by atoms with Crippen molar-refractivity contribution in [3.05, 3.63) is 41.5 Å². The van der Waals surface area contributed by atoms with E-state index < -0.39 is 23.2 Å². The highest BCUT2D eigenvalue weighted by Gasteiger charge is 2.40. The van der Waals surface area contributed by atoms with Gasteiger partial charge in [0.1, 0.15) is 16.9 Å². The van der Waals surface area contributed by atoms with Gasteiger partial charge in [0.05, 0.1) is 6.10 Å². The minimum Gasteiger partial charge on any atom is -0.490 e. The Balaban J connectivity index is 1.65. The zero-order valence-electron chi connectivity index (χ0n) is 19.0. The Morgan fingerprint density at radius 1 is 1.06 bits per heavy atom. The summed E-state index contributed by atoms with van der Waals surface area (Å²) in [5.74, 6) is -0.429. The molecule has 0 unspecified atom stereocenters. The highest BCUT2D eigenvalue weighted by molar-refractivity contribution is 5.91. The smallest absolute Gasteiger partial charge is 0.420 e. The fourth-order valence-corrected chi connectivity index (χ4v) is 5.36. The summed E-state index contributed by atoms with van der Waals surface area (Å²) in [6, 6.07) is 7.95. The van der Waals surface area contributed by atoms with Gasteiger partial charge >= 0.3 is 12.1 Å². The molecule has 2 aliphatic rings. The van der Waals surface area contributed by atoms with Crippen LogP contribution < -0.4 is 10.1 Å². The molecule has 0 bridgehead atoms. The summed E-state index contributed by atoms with van der Waals surface area (Å²) in [5, 5.41) is 13.5. The van der Waals surface area contributed by atoms with E-state index in [9.17, 15) is 23.1 Å². The Hall–Kier alpha value is -2.28. The summed E-state index contributed by atoms with van der Waals surface area (Å²) in [6.07, 6.45) is 2.39. The maximum atomic E-state index is 14.2. The molecule has 0 aromatic heterocycles. The average Bonchev–Trinajstić information content (AvgIpc) is 2.78. The van der Waals surface area contributed by atoms with Crippen molar-refractivity contribution in [3.8, 4) is 5.75 Å². The molecule has 4 rings (SSSR count). The molecule has 2 saturated carbocycles. The van der Waals surface area contributed by atoms with Crippen LogP contribution in [0.4, 0.5) is 13.2 Å². The third kappa shape index (κ3) is 5.13. The van der Waals surface area contributed by atoms with Crippen molar-refractivity contribution < 1.29 is 27.8 Å². The highest BCUT2D eigenvalue weighted by Crippen LogP contribution is 2.43. The monoisotopic (exact) mass is 463 g/mol. The van der Waals surface area contributed by atoms with Gasteiger partial charge in [-0.05, 0) is 66.8 Å². The normalized spacial score (nSPS) is 23.4. The maximum Gasteiger partial charge on any atom is 0.420 e. The van der Waals surface area contributed by atoms with Crippen LogP contribution >= 0.6 is 0 Å². The molecule has 7 heteroatoms. The molecule has 180 valence electrons. The number of hydrogen-bond donors (Lipinski definition) is 2. The minimum absolute atomic E-state index is 0.0940. The minimum atomic E-state index is -4.56. The Morgan fingerprint density at radius 2 is 1.76 bits per heavy atom. The van der Waals surface area contributed by atoms with Crippen LogP contribution in [-0.2, 0) is 17.5 Å². The quantitative estimate of drug-likeness (QED) is 0.501. The number of nitrogens with one attached hydrogen (secondary N) is 1. The highest BCUT2D eigenvalue weighted by atomic mass is 19.4. The van der Waals surface area contributed by atoms with Gasteiger partial charge in [0.25, 0.3) is 0 Å². The van der Waals surface area contributed by atoms with Crippen molar-refractivity contribution in [2.24, 2.45) is 5.92 Å². The van der Waals surface area contributed by atoms with Crippen molar-refractivity contribution in [1.82, 2.24) is 5.32 Å². The third-order valence-corrected chi connectivity index (χ3v) is 7.39. The lowest BCUT2D eigenvalue weighted by molar-refractivity contribution is -0.146. The molecule has 0 amide bonds. The van der Waals surface area contributed by atoms with Crippen molar-refractivity contribution in [3.63, 3.8) is 0 Å². The van der Waals surface area contributed by atoms with Gasteiger partial charge < -0.3 is 9.84 Å². The molecule has 4 nitrogen and oxygen atoms in total. The number of carbonyl (C=O) groups is 1. The lowest BCUT2D eigenvalue weighted by Crippen LogP contribution is -2.52. The zero-order valence-corrected chi connectivity index (χ0v) is 19.0. The second kappa shape index (κ2) is 9.53. The molecule has 0 atom stereocenters. The van der Waals surface area contributed by atoms with E-state index in [0.717, 1.165) is 44.9 Å². The van der Waals surface area contributed by atoms with Crippen LogP contribution in [0.2, 0.25) is 0 Å². The second-order valence-electron chi connectivity index (χ2n) is 9.75. The van der Waals surface area contributed by atoms with Gasteiger partial charge in [0.2, 0.25) is 0 Å². The number of hydrogen-bond acceptors (Lipinski definition) is 3. The summed E-state index contributed by atoms with van der Waals surface area (Å²) >= 11 is 0. The summed E-state index contributed by atoms with van der Waals surface area (Å²) < 4.78 is 48.5. The van der Waals surface area contributed by atoms with Crippen LogP contribution in [0, 0.1) is 5.92 Å². The summed E-state index contributed by atoms with van der Waals surface area (Å²) in [5.41, 5.74) is -1.11. The van der Waals surface area contributed by atoms with Crippen LogP contribution in [0.3, 0.4) is 0 Å². The first-order valence-corrected chi connectivity index (χ1v) is 12.0. The molecule has 2 aromatic carbocycles. The SMILES string of the molecule is CC1CCC(Oc2ccc3c(CNC4(C(=O)O)CCCCC4)cccc3c2C(F)(F)F)CC1. The standard InChI is InChI=1S/C26H32F3NO3/c1-17-8-10-19(11-9-17)33-22-13-12-20-18(6-5-7-21(20)23(22)26(27,28)29)16-30-25(24(31)32)14-3-2-4-15-25/h5-7,12-13,17,19,30H,2-4,8-11,14-16H2,1H3,(H,31,32). The number of carboxylic acid groups (broad SMARTS) is 1. The number of ether oxygens (including phenoxy) is 1. The molecule has 0 heterocycles. The lowest BCUT2D eigenvalue weighted by atomic mass is 9.81. The van der Waals surface area contributed by atoms with Gasteiger partial charge in [-0.15, -0.1) is 0 Å². The first kappa shape index (κ1) is 23.9. The van der Waals surface area contributed by atoms with E-state index in [2.05, 4.69) is 12.2 Å². The first-order chi connectivity index (χ1) is 15.7. The number of carboxylic acids is 1. The number of halogens is 3. The van der Waals surface area contributed by atoms with E-state index in [1.807, 2.05) is 0 Å². The lowest BCUT2D eigenvalue weighted by Gasteiger charge is -2.34. The van der Waals surface area contributed by atoms with E-state index in [1.165, 1.54) is 12.1 Å². The summed E-state index contributed by atoms with van der Waals surface area (Å²) in [7, 11) is 0. The Kier molecular flexibility index (Phi) is 6.89. The molecule has 2 fully saturated rings. The second-order valence-corrected chi connectivity index (χ2v) is 9.75. The van der Waals surface area contributed by atoms with Gasteiger partial charge in [0, 0.05) is 6.54 Å². The molecule has 2 N–H and O–H groups in total. The van der Waals surface area contributed by atoms with Crippen LogP contribution in [0.15, 0.2) is 30.3 Å². The van der Waals surface area contributed by atoms with Gasteiger partial charge in [0.15, 0.2) is 0 Å². The van der Waals surface area contributed by atoms with E-state index in [1.54, 1.807) is 18.2 Å². The number of alkyl halides is 3. The van der Waals surface area contributed by atoms with Gasteiger partial charge in [-0.3, -0.25) is 10.1 Å². The first-order valence-electron chi connectivity index (χ1n) is 12.0. The Labute approximate surface area is 192 Å². The number of benzene rings is 2. The molecule has 33 heavy (non-hydrogen) atoms. The van der Waals surface area contributed by atoms with E-state index in [0.29, 0.717) is 29.7 Å². The van der Waals surface area contributed by atoms with E-state index >= 15 is 0 Å². The zero-order chi connectivity index (χ0) is 23.6. The predicted octanol–water partition coefficient (Wildman–Crippen LogP) is 6.69. The van der Waals surface area contributed by atoms with Crippen LogP contribution in [0.1, 0.15) is 75.8 Å². The maximum absolute atomic E-state index is 14.2. The Bertz CT molecular complexity index is 990. The molecular formula is C26H32F3NO3. The van der Waals surface area contributed by atoms with E-state index in [4.69, 9.17) is 4.74 Å². The molecular weight excluding hydrogens is 431 g/mol. The van der Waals surface area contributed by atoms with Crippen molar-refractivity contribution >= 4 is 16.7 Å². The van der Waals surface area contributed by atoms with Gasteiger partial charge in [-0.2, -0.15) is 13.2 Å². The van der Waals surface area contributed by atoms with Crippen LogP contribution in [0.25, 0.3) is 10.8 Å².